The van der Waals surface area contributed by atoms with Crippen LogP contribution in [0.15, 0.2) is 66.9 Å². The first kappa shape index (κ1) is 18.0. The Morgan fingerprint density at radius 2 is 1.92 bits per heavy atom. The van der Waals surface area contributed by atoms with Crippen LogP contribution in [0.1, 0.15) is 16.7 Å². The summed E-state index contributed by atoms with van der Waals surface area (Å²) in [6, 6.07) is 19.3. The average Bonchev–Trinajstić information content (AvgIpc) is 2.62. The number of aromatic nitrogens is 1. The predicted molar refractivity (Wildman–Crippen MR) is 107 cm³/mol. The van der Waals surface area contributed by atoms with Crippen molar-refractivity contribution in [1.29, 1.82) is 0 Å². The van der Waals surface area contributed by atoms with Crippen LogP contribution in [0.5, 0.6) is 0 Å². The quantitative estimate of drug-likeness (QED) is 0.657. The minimum atomic E-state index is -0.0609. The second kappa shape index (κ2) is 8.50. The van der Waals surface area contributed by atoms with Gasteiger partial charge in [-0.2, -0.15) is 0 Å². The number of rotatable bonds is 6. The number of hydrogen-bond donors (Lipinski definition) is 2. The maximum atomic E-state index is 12.2. The summed E-state index contributed by atoms with van der Waals surface area (Å²) in [5, 5.41) is 6.81. The predicted octanol–water partition coefficient (Wildman–Crippen LogP) is 4.84. The summed E-state index contributed by atoms with van der Waals surface area (Å²) in [6.45, 7) is 2.60. The van der Waals surface area contributed by atoms with E-state index in [1.54, 1.807) is 6.20 Å². The molecule has 132 valence electrons. The zero-order valence-corrected chi connectivity index (χ0v) is 15.3. The van der Waals surface area contributed by atoms with Crippen molar-refractivity contribution in [2.75, 3.05) is 10.6 Å². The van der Waals surface area contributed by atoms with Gasteiger partial charge in [-0.1, -0.05) is 59.6 Å². The van der Waals surface area contributed by atoms with E-state index in [1.807, 2.05) is 67.6 Å². The van der Waals surface area contributed by atoms with Gasteiger partial charge in [-0.05, 0) is 36.2 Å². The molecule has 1 heterocycles. The molecule has 26 heavy (non-hydrogen) atoms. The molecular formula is C21H20ClN3O. The van der Waals surface area contributed by atoms with Crippen molar-refractivity contribution in [3.8, 4) is 0 Å². The number of halogens is 1. The van der Waals surface area contributed by atoms with Crippen LogP contribution in [-0.4, -0.2) is 10.9 Å². The Morgan fingerprint density at radius 1 is 1.08 bits per heavy atom. The maximum Gasteiger partial charge on any atom is 0.228 e. The Balaban J connectivity index is 1.54. The van der Waals surface area contributed by atoms with Gasteiger partial charge < -0.3 is 10.6 Å². The molecule has 0 unspecified atom stereocenters. The lowest BCUT2D eigenvalue weighted by atomic mass is 10.1. The number of aryl methyl sites for hydroxylation is 1. The van der Waals surface area contributed by atoms with E-state index in [0.29, 0.717) is 18.7 Å². The van der Waals surface area contributed by atoms with Gasteiger partial charge in [0.25, 0.3) is 0 Å². The van der Waals surface area contributed by atoms with E-state index in [1.165, 1.54) is 0 Å². The number of amides is 1. The van der Waals surface area contributed by atoms with E-state index < -0.39 is 0 Å². The van der Waals surface area contributed by atoms with E-state index in [0.717, 1.165) is 27.5 Å². The van der Waals surface area contributed by atoms with Crippen molar-refractivity contribution >= 4 is 29.0 Å². The first-order valence-corrected chi connectivity index (χ1v) is 8.77. The highest BCUT2D eigenvalue weighted by atomic mass is 35.5. The van der Waals surface area contributed by atoms with Gasteiger partial charge in [0, 0.05) is 11.6 Å². The van der Waals surface area contributed by atoms with Crippen molar-refractivity contribution in [2.24, 2.45) is 0 Å². The first-order chi connectivity index (χ1) is 12.6. The van der Waals surface area contributed by atoms with Crippen LogP contribution in [0.25, 0.3) is 0 Å². The fourth-order valence-electron chi connectivity index (χ4n) is 2.61. The Labute approximate surface area is 158 Å². The van der Waals surface area contributed by atoms with Crippen LogP contribution in [0.4, 0.5) is 11.5 Å². The summed E-state index contributed by atoms with van der Waals surface area (Å²) in [5.41, 5.74) is 3.82. The minimum absolute atomic E-state index is 0.0609. The lowest BCUT2D eigenvalue weighted by Crippen LogP contribution is -2.14. The lowest BCUT2D eigenvalue weighted by molar-refractivity contribution is -0.115. The molecule has 0 saturated heterocycles. The van der Waals surface area contributed by atoms with Gasteiger partial charge in [0.05, 0.1) is 18.3 Å². The lowest BCUT2D eigenvalue weighted by Gasteiger charge is -2.09. The topological polar surface area (TPSA) is 54.0 Å². The summed E-state index contributed by atoms with van der Waals surface area (Å²) in [6.07, 6.45) is 1.98. The molecule has 2 aromatic carbocycles. The van der Waals surface area contributed by atoms with Crippen molar-refractivity contribution in [3.63, 3.8) is 0 Å². The van der Waals surface area contributed by atoms with Gasteiger partial charge >= 0.3 is 0 Å². The molecule has 3 aromatic rings. The Morgan fingerprint density at radius 3 is 2.65 bits per heavy atom. The van der Waals surface area contributed by atoms with Gasteiger partial charge in [0.2, 0.25) is 5.91 Å². The molecule has 0 saturated carbocycles. The fourth-order valence-corrected chi connectivity index (χ4v) is 2.82. The van der Waals surface area contributed by atoms with Crippen molar-refractivity contribution in [2.45, 2.75) is 19.9 Å². The Hall–Kier alpha value is -2.85. The van der Waals surface area contributed by atoms with Crippen molar-refractivity contribution < 1.29 is 4.79 Å². The highest BCUT2D eigenvalue weighted by Crippen LogP contribution is 2.17. The molecule has 0 aliphatic heterocycles. The molecular weight excluding hydrogens is 346 g/mol. The number of anilines is 2. The number of carbonyl (C=O) groups is 1. The smallest absolute Gasteiger partial charge is 0.228 e. The molecule has 1 aromatic heterocycles. The van der Waals surface area contributed by atoms with Crippen LogP contribution in [0.2, 0.25) is 5.02 Å². The molecule has 0 radical (unpaired) electrons. The average molecular weight is 366 g/mol. The number of hydrogen-bond acceptors (Lipinski definition) is 3. The molecule has 3 rings (SSSR count). The number of benzene rings is 2. The van der Waals surface area contributed by atoms with E-state index in [9.17, 15) is 4.79 Å². The Bertz CT molecular complexity index is 894. The molecule has 0 fully saturated rings. The molecule has 5 heteroatoms. The highest BCUT2D eigenvalue weighted by molar-refractivity contribution is 6.31. The van der Waals surface area contributed by atoms with Crippen molar-refractivity contribution in [3.05, 3.63) is 88.6 Å². The third-order valence-corrected chi connectivity index (χ3v) is 4.28. The van der Waals surface area contributed by atoms with Crippen LogP contribution in [0.3, 0.4) is 0 Å². The third kappa shape index (κ3) is 5.07. The van der Waals surface area contributed by atoms with Gasteiger partial charge in [0.1, 0.15) is 5.82 Å². The number of carbonyl (C=O) groups excluding carboxylic acids is 1. The summed E-state index contributed by atoms with van der Waals surface area (Å²) >= 11 is 6.14. The molecule has 0 spiro atoms. The maximum absolute atomic E-state index is 12.2. The van der Waals surface area contributed by atoms with Gasteiger partial charge in [-0.25, -0.2) is 4.98 Å². The molecule has 0 aliphatic carbocycles. The molecule has 4 nitrogen and oxygen atoms in total. The summed E-state index contributed by atoms with van der Waals surface area (Å²) in [5.74, 6) is 0.663. The van der Waals surface area contributed by atoms with Crippen LogP contribution in [0, 0.1) is 6.92 Å². The molecule has 2 N–H and O–H groups in total. The van der Waals surface area contributed by atoms with Gasteiger partial charge in [-0.15, -0.1) is 0 Å². The summed E-state index contributed by atoms with van der Waals surface area (Å²) in [4.78, 5) is 16.5. The third-order valence-electron chi connectivity index (χ3n) is 3.91. The minimum Gasteiger partial charge on any atom is -0.366 e. The second-order valence-corrected chi connectivity index (χ2v) is 6.50. The van der Waals surface area contributed by atoms with E-state index in [2.05, 4.69) is 15.6 Å². The largest absolute Gasteiger partial charge is 0.366 e. The van der Waals surface area contributed by atoms with Crippen LogP contribution >= 0.6 is 11.6 Å². The first-order valence-electron chi connectivity index (χ1n) is 8.39. The SMILES string of the molecule is Cc1cccc(CC(=O)Nc2ccc(NCc3ccccc3Cl)nc2)c1. The monoisotopic (exact) mass is 365 g/mol. The second-order valence-electron chi connectivity index (χ2n) is 6.09. The number of nitrogens with zero attached hydrogens (tertiary/aromatic N) is 1. The van der Waals surface area contributed by atoms with E-state index in [4.69, 9.17) is 11.6 Å². The zero-order chi connectivity index (χ0) is 18.4. The Kier molecular flexibility index (Phi) is 5.87. The van der Waals surface area contributed by atoms with Crippen LogP contribution in [-0.2, 0) is 17.8 Å². The molecule has 0 atom stereocenters. The van der Waals surface area contributed by atoms with Gasteiger partial charge in [0.15, 0.2) is 0 Å². The molecule has 1 amide bonds. The highest BCUT2D eigenvalue weighted by Gasteiger charge is 2.05. The van der Waals surface area contributed by atoms with Crippen LogP contribution < -0.4 is 10.6 Å². The standard InChI is InChI=1S/C21H20ClN3O/c1-15-5-4-6-16(11-15)12-21(26)25-18-9-10-20(24-14-18)23-13-17-7-2-3-8-19(17)22/h2-11,14H,12-13H2,1H3,(H,23,24)(H,25,26). The van der Waals surface area contributed by atoms with E-state index >= 15 is 0 Å². The fraction of sp³-hybridized carbons (Fsp3) is 0.143. The number of nitrogens with one attached hydrogen (secondary N) is 2. The summed E-state index contributed by atoms with van der Waals surface area (Å²) in [7, 11) is 0. The number of pyridine rings is 1. The normalized spacial score (nSPS) is 10.4. The van der Waals surface area contributed by atoms with Crippen molar-refractivity contribution in [1.82, 2.24) is 4.98 Å². The van der Waals surface area contributed by atoms with Gasteiger partial charge in [-0.3, -0.25) is 4.79 Å². The molecule has 0 aliphatic rings. The zero-order valence-electron chi connectivity index (χ0n) is 14.5. The molecule has 0 bridgehead atoms. The summed E-state index contributed by atoms with van der Waals surface area (Å²) < 4.78 is 0. The van der Waals surface area contributed by atoms with E-state index in [-0.39, 0.29) is 5.91 Å².